The average Bonchev–Trinajstić information content (AvgIpc) is 3.40. The first-order valence-corrected chi connectivity index (χ1v) is 9.86. The number of rotatable bonds is 5. The summed E-state index contributed by atoms with van der Waals surface area (Å²) in [6.45, 7) is 4.90. The summed E-state index contributed by atoms with van der Waals surface area (Å²) in [4.78, 5) is 32.1. The Balaban J connectivity index is 1.37. The van der Waals surface area contributed by atoms with Crippen molar-refractivity contribution in [3.63, 3.8) is 0 Å². The van der Waals surface area contributed by atoms with Crippen molar-refractivity contribution in [2.24, 2.45) is 0 Å². The van der Waals surface area contributed by atoms with Gasteiger partial charge in [0.05, 0.1) is 24.2 Å². The van der Waals surface area contributed by atoms with Crippen LogP contribution < -0.4 is 5.32 Å². The van der Waals surface area contributed by atoms with Crippen LogP contribution in [0.5, 0.6) is 0 Å². The SMILES string of the molecule is Cc1noc(C)c1CCC(=O)N1CCc2nc(NC(=O)c3ccco3)sc2C1. The van der Waals surface area contributed by atoms with Gasteiger partial charge in [-0.3, -0.25) is 14.9 Å². The van der Waals surface area contributed by atoms with Crippen LogP contribution in [-0.4, -0.2) is 33.4 Å². The van der Waals surface area contributed by atoms with E-state index in [1.54, 1.807) is 12.1 Å². The first-order valence-electron chi connectivity index (χ1n) is 9.04. The summed E-state index contributed by atoms with van der Waals surface area (Å²) in [5.74, 6) is 0.777. The molecule has 2 amide bonds. The summed E-state index contributed by atoms with van der Waals surface area (Å²) < 4.78 is 10.3. The Kier molecular flexibility index (Phi) is 4.99. The van der Waals surface area contributed by atoms with Gasteiger partial charge in [-0.2, -0.15) is 0 Å². The zero-order valence-corrected chi connectivity index (χ0v) is 16.5. The number of carbonyl (C=O) groups is 2. The Morgan fingerprint density at radius 1 is 1.36 bits per heavy atom. The molecular weight excluding hydrogens is 380 g/mol. The summed E-state index contributed by atoms with van der Waals surface area (Å²) >= 11 is 1.40. The smallest absolute Gasteiger partial charge is 0.293 e. The lowest BCUT2D eigenvalue weighted by molar-refractivity contribution is -0.132. The highest BCUT2D eigenvalue weighted by molar-refractivity contribution is 7.15. The summed E-state index contributed by atoms with van der Waals surface area (Å²) in [7, 11) is 0. The van der Waals surface area contributed by atoms with Gasteiger partial charge in [-0.15, -0.1) is 0 Å². The van der Waals surface area contributed by atoms with E-state index in [0.29, 0.717) is 37.5 Å². The molecule has 28 heavy (non-hydrogen) atoms. The van der Waals surface area contributed by atoms with Crippen molar-refractivity contribution in [2.75, 3.05) is 11.9 Å². The fraction of sp³-hybridized carbons (Fsp3) is 0.368. The number of aryl methyl sites for hydroxylation is 2. The molecule has 3 aromatic heterocycles. The van der Waals surface area contributed by atoms with E-state index in [1.807, 2.05) is 18.7 Å². The van der Waals surface area contributed by atoms with Crippen LogP contribution in [0.1, 0.15) is 44.6 Å². The number of nitrogens with zero attached hydrogens (tertiary/aromatic N) is 3. The lowest BCUT2D eigenvalue weighted by Crippen LogP contribution is -2.35. The number of furan rings is 1. The number of nitrogens with one attached hydrogen (secondary N) is 1. The van der Waals surface area contributed by atoms with E-state index < -0.39 is 0 Å². The van der Waals surface area contributed by atoms with Crippen LogP contribution in [0.25, 0.3) is 0 Å². The van der Waals surface area contributed by atoms with Gasteiger partial charge in [0, 0.05) is 29.8 Å². The first kappa shape index (κ1) is 18.4. The molecule has 0 radical (unpaired) electrons. The minimum Gasteiger partial charge on any atom is -0.459 e. The second kappa shape index (κ2) is 7.59. The average molecular weight is 400 g/mol. The van der Waals surface area contributed by atoms with Crippen molar-refractivity contribution >= 4 is 28.3 Å². The number of amides is 2. The minimum atomic E-state index is -0.330. The summed E-state index contributed by atoms with van der Waals surface area (Å²) in [6.07, 6.45) is 3.17. The highest BCUT2D eigenvalue weighted by Crippen LogP contribution is 2.29. The Labute approximate surface area is 165 Å². The predicted octanol–water partition coefficient (Wildman–Crippen LogP) is 3.11. The molecule has 0 aromatic carbocycles. The fourth-order valence-corrected chi connectivity index (χ4v) is 4.30. The second-order valence-electron chi connectivity index (χ2n) is 6.69. The third-order valence-corrected chi connectivity index (χ3v) is 5.82. The number of hydrogen-bond donors (Lipinski definition) is 1. The van der Waals surface area contributed by atoms with Crippen molar-refractivity contribution < 1.29 is 18.5 Å². The lowest BCUT2D eigenvalue weighted by atomic mass is 10.1. The summed E-state index contributed by atoms with van der Waals surface area (Å²) in [6, 6.07) is 3.26. The molecule has 0 saturated heterocycles. The quantitative estimate of drug-likeness (QED) is 0.706. The zero-order valence-electron chi connectivity index (χ0n) is 15.7. The number of hydrogen-bond acceptors (Lipinski definition) is 7. The zero-order chi connectivity index (χ0) is 19.7. The molecular formula is C19H20N4O4S. The van der Waals surface area contributed by atoms with Crippen LogP contribution in [0.4, 0.5) is 5.13 Å². The molecule has 0 fully saturated rings. The van der Waals surface area contributed by atoms with E-state index in [1.165, 1.54) is 17.6 Å². The summed E-state index contributed by atoms with van der Waals surface area (Å²) in [5, 5.41) is 7.21. The highest BCUT2D eigenvalue weighted by Gasteiger charge is 2.25. The van der Waals surface area contributed by atoms with Gasteiger partial charge >= 0.3 is 0 Å². The Morgan fingerprint density at radius 2 is 2.21 bits per heavy atom. The molecule has 1 aliphatic heterocycles. The molecule has 146 valence electrons. The molecule has 0 saturated carbocycles. The molecule has 9 heteroatoms. The molecule has 0 aliphatic carbocycles. The third kappa shape index (κ3) is 3.70. The molecule has 1 aliphatic rings. The van der Waals surface area contributed by atoms with Crippen LogP contribution in [-0.2, 0) is 24.2 Å². The molecule has 0 atom stereocenters. The van der Waals surface area contributed by atoms with Gasteiger partial charge in [-0.05, 0) is 32.4 Å². The number of anilines is 1. The highest BCUT2D eigenvalue weighted by atomic mass is 32.1. The maximum atomic E-state index is 12.6. The molecule has 0 spiro atoms. The number of thiazole rings is 1. The van der Waals surface area contributed by atoms with Gasteiger partial charge in [0.1, 0.15) is 5.76 Å². The van der Waals surface area contributed by atoms with Gasteiger partial charge in [-0.1, -0.05) is 16.5 Å². The van der Waals surface area contributed by atoms with Crippen molar-refractivity contribution in [1.82, 2.24) is 15.0 Å². The van der Waals surface area contributed by atoms with Crippen LogP contribution in [0.3, 0.4) is 0 Å². The largest absolute Gasteiger partial charge is 0.459 e. The van der Waals surface area contributed by atoms with E-state index >= 15 is 0 Å². The van der Waals surface area contributed by atoms with Crippen LogP contribution in [0.15, 0.2) is 27.3 Å². The maximum absolute atomic E-state index is 12.6. The molecule has 4 rings (SSSR count). The Morgan fingerprint density at radius 3 is 2.93 bits per heavy atom. The van der Waals surface area contributed by atoms with Gasteiger partial charge in [0.15, 0.2) is 10.9 Å². The molecule has 0 bridgehead atoms. The van der Waals surface area contributed by atoms with Crippen LogP contribution in [0, 0.1) is 13.8 Å². The minimum absolute atomic E-state index is 0.0974. The maximum Gasteiger partial charge on any atom is 0.293 e. The third-order valence-electron chi connectivity index (χ3n) is 4.82. The first-order chi connectivity index (χ1) is 13.5. The predicted molar refractivity (Wildman–Crippen MR) is 102 cm³/mol. The number of fused-ring (bicyclic) bond motifs is 1. The molecule has 1 N–H and O–H groups in total. The van der Waals surface area contributed by atoms with Gasteiger partial charge in [0.2, 0.25) is 5.91 Å². The van der Waals surface area contributed by atoms with E-state index in [4.69, 9.17) is 8.94 Å². The standard InChI is InChI=1S/C19H20N4O4S/c1-11-13(12(2)27-22-11)5-6-17(24)23-8-7-14-16(10-23)28-19(20-14)21-18(25)15-4-3-9-26-15/h3-4,9H,5-8,10H2,1-2H3,(H,20,21,25). The van der Waals surface area contributed by atoms with E-state index in [9.17, 15) is 9.59 Å². The second-order valence-corrected chi connectivity index (χ2v) is 7.77. The van der Waals surface area contributed by atoms with Crippen molar-refractivity contribution in [3.8, 4) is 0 Å². The fourth-order valence-electron chi connectivity index (χ4n) is 3.28. The summed E-state index contributed by atoms with van der Waals surface area (Å²) in [5.41, 5.74) is 2.78. The van der Waals surface area contributed by atoms with E-state index in [0.717, 1.165) is 27.6 Å². The van der Waals surface area contributed by atoms with Crippen molar-refractivity contribution in [2.45, 2.75) is 39.7 Å². The van der Waals surface area contributed by atoms with E-state index in [-0.39, 0.29) is 17.6 Å². The Bertz CT molecular complexity index is 986. The van der Waals surface area contributed by atoms with Gasteiger partial charge in [0.25, 0.3) is 5.91 Å². The molecule has 8 nitrogen and oxygen atoms in total. The van der Waals surface area contributed by atoms with E-state index in [2.05, 4.69) is 15.5 Å². The number of carbonyl (C=O) groups excluding carboxylic acids is 2. The van der Waals surface area contributed by atoms with Gasteiger partial charge < -0.3 is 13.8 Å². The normalized spacial score (nSPS) is 13.4. The monoisotopic (exact) mass is 400 g/mol. The lowest BCUT2D eigenvalue weighted by Gasteiger charge is -2.26. The van der Waals surface area contributed by atoms with Crippen molar-refractivity contribution in [3.05, 3.63) is 51.7 Å². The molecule has 0 unspecified atom stereocenters. The van der Waals surface area contributed by atoms with Crippen LogP contribution in [0.2, 0.25) is 0 Å². The van der Waals surface area contributed by atoms with Crippen LogP contribution >= 0.6 is 11.3 Å². The Hall–Kier alpha value is -2.94. The molecule has 3 aromatic rings. The van der Waals surface area contributed by atoms with Gasteiger partial charge in [-0.25, -0.2) is 4.98 Å². The topological polar surface area (TPSA) is 101 Å². The number of aromatic nitrogens is 2. The van der Waals surface area contributed by atoms with Crippen molar-refractivity contribution in [1.29, 1.82) is 0 Å². The molecule has 4 heterocycles.